The fourth-order valence-electron chi connectivity index (χ4n) is 2.45. The molecule has 0 aliphatic heterocycles. The van der Waals surface area contributed by atoms with Crippen molar-refractivity contribution in [2.75, 3.05) is 13.6 Å². The minimum Gasteiger partial charge on any atom is -0.356 e. The molecule has 2 rings (SSSR count). The second-order valence-electron chi connectivity index (χ2n) is 5.77. The van der Waals surface area contributed by atoms with E-state index in [0.717, 1.165) is 35.6 Å². The molecule has 138 valence electrons. The smallest absolute Gasteiger partial charge is 0.191 e. The number of nitrogens with one attached hydrogen (secondary N) is 2. The monoisotopic (exact) mass is 520 g/mol. The highest BCUT2D eigenvalue weighted by molar-refractivity contribution is 14.0. The number of aromatic nitrogens is 3. The SMILES string of the molecule is CCC(CNC(=NC)NCc1nncn1C)Cc1cccc(Br)c1.I. The minimum atomic E-state index is 0. The van der Waals surface area contributed by atoms with Crippen LogP contribution in [-0.2, 0) is 20.0 Å². The topological polar surface area (TPSA) is 67.1 Å². The van der Waals surface area contributed by atoms with E-state index >= 15 is 0 Å². The number of benzene rings is 1. The Morgan fingerprint density at radius 2 is 2.16 bits per heavy atom. The molecule has 1 unspecified atom stereocenters. The normalized spacial score (nSPS) is 12.4. The molecular weight excluding hydrogens is 495 g/mol. The van der Waals surface area contributed by atoms with Gasteiger partial charge in [-0.2, -0.15) is 0 Å². The van der Waals surface area contributed by atoms with Crippen LogP contribution in [0.3, 0.4) is 0 Å². The molecule has 2 N–H and O–H groups in total. The van der Waals surface area contributed by atoms with Crippen LogP contribution >= 0.6 is 39.9 Å². The zero-order valence-electron chi connectivity index (χ0n) is 14.9. The highest BCUT2D eigenvalue weighted by Crippen LogP contribution is 2.16. The molecule has 25 heavy (non-hydrogen) atoms. The molecule has 0 spiro atoms. The number of hydrogen-bond donors (Lipinski definition) is 2. The van der Waals surface area contributed by atoms with Gasteiger partial charge in [0, 0.05) is 25.1 Å². The van der Waals surface area contributed by atoms with Crippen LogP contribution in [0.1, 0.15) is 24.7 Å². The molecule has 6 nitrogen and oxygen atoms in total. The molecule has 2 aromatic rings. The molecule has 0 saturated carbocycles. The van der Waals surface area contributed by atoms with Crippen molar-refractivity contribution in [2.24, 2.45) is 18.0 Å². The Morgan fingerprint density at radius 3 is 2.76 bits per heavy atom. The molecule has 1 heterocycles. The molecule has 0 saturated heterocycles. The van der Waals surface area contributed by atoms with Crippen molar-refractivity contribution in [1.82, 2.24) is 25.4 Å². The lowest BCUT2D eigenvalue weighted by Gasteiger charge is -2.18. The first-order chi connectivity index (χ1) is 11.6. The summed E-state index contributed by atoms with van der Waals surface area (Å²) in [6.45, 7) is 3.69. The first-order valence-corrected chi connectivity index (χ1v) is 8.93. The fourth-order valence-corrected chi connectivity index (χ4v) is 2.90. The van der Waals surface area contributed by atoms with E-state index in [1.54, 1.807) is 13.4 Å². The number of halogens is 2. The molecule has 0 amide bonds. The van der Waals surface area contributed by atoms with Gasteiger partial charge in [0.15, 0.2) is 11.8 Å². The van der Waals surface area contributed by atoms with Crippen LogP contribution in [0.15, 0.2) is 40.1 Å². The number of aliphatic imine (C=N–C) groups is 1. The van der Waals surface area contributed by atoms with Crippen molar-refractivity contribution in [3.05, 3.63) is 46.5 Å². The zero-order chi connectivity index (χ0) is 17.4. The molecule has 0 aliphatic carbocycles. The molecule has 1 aromatic carbocycles. The molecule has 1 atom stereocenters. The summed E-state index contributed by atoms with van der Waals surface area (Å²) in [5.74, 6) is 2.21. The first kappa shape index (κ1) is 21.9. The number of rotatable bonds is 7. The molecule has 0 fully saturated rings. The quantitative estimate of drug-likeness (QED) is 0.334. The molecule has 0 aliphatic rings. The van der Waals surface area contributed by atoms with Crippen molar-refractivity contribution in [1.29, 1.82) is 0 Å². The van der Waals surface area contributed by atoms with E-state index in [2.05, 4.69) is 72.9 Å². The third-order valence-corrected chi connectivity index (χ3v) is 4.48. The zero-order valence-corrected chi connectivity index (χ0v) is 18.8. The Labute approximate surface area is 175 Å². The van der Waals surface area contributed by atoms with Crippen LogP contribution in [-0.4, -0.2) is 34.3 Å². The molecule has 0 radical (unpaired) electrons. The van der Waals surface area contributed by atoms with Gasteiger partial charge in [0.25, 0.3) is 0 Å². The average Bonchev–Trinajstić information content (AvgIpc) is 2.99. The summed E-state index contributed by atoms with van der Waals surface area (Å²) >= 11 is 3.53. The van der Waals surface area contributed by atoms with E-state index in [0.29, 0.717) is 12.5 Å². The van der Waals surface area contributed by atoms with Gasteiger partial charge in [0.05, 0.1) is 6.54 Å². The molecule has 0 bridgehead atoms. The van der Waals surface area contributed by atoms with Crippen molar-refractivity contribution in [2.45, 2.75) is 26.3 Å². The lowest BCUT2D eigenvalue weighted by Crippen LogP contribution is -2.40. The number of nitrogens with zero attached hydrogens (tertiary/aromatic N) is 4. The standard InChI is InChI=1S/C17H25BrN6.HI/c1-4-13(8-14-6-5-7-15(18)9-14)10-20-17(19-2)21-11-16-23-22-12-24(16)3;/h5-7,9,12-13H,4,8,10-11H2,1-3H3,(H2,19,20,21);1H. The Hall–Kier alpha value is -1.16. The van der Waals surface area contributed by atoms with Crippen molar-refractivity contribution in [3.63, 3.8) is 0 Å². The minimum absolute atomic E-state index is 0. The first-order valence-electron chi connectivity index (χ1n) is 8.14. The number of hydrogen-bond acceptors (Lipinski definition) is 3. The summed E-state index contributed by atoms with van der Waals surface area (Å²) in [4.78, 5) is 4.27. The van der Waals surface area contributed by atoms with Gasteiger partial charge < -0.3 is 15.2 Å². The van der Waals surface area contributed by atoms with E-state index in [9.17, 15) is 0 Å². The summed E-state index contributed by atoms with van der Waals surface area (Å²) in [7, 11) is 3.71. The predicted molar refractivity (Wildman–Crippen MR) is 116 cm³/mol. The van der Waals surface area contributed by atoms with Crippen LogP contribution in [0.5, 0.6) is 0 Å². The van der Waals surface area contributed by atoms with E-state index in [-0.39, 0.29) is 24.0 Å². The summed E-state index contributed by atoms with van der Waals surface area (Å²) in [6.07, 6.45) is 3.85. The molecule has 1 aromatic heterocycles. The third-order valence-electron chi connectivity index (χ3n) is 3.99. The van der Waals surface area contributed by atoms with Crippen molar-refractivity contribution < 1.29 is 0 Å². The molecule has 8 heteroatoms. The van der Waals surface area contributed by atoms with Gasteiger partial charge in [0.2, 0.25) is 0 Å². The predicted octanol–water partition coefficient (Wildman–Crippen LogP) is 3.13. The van der Waals surface area contributed by atoms with Gasteiger partial charge in [-0.3, -0.25) is 4.99 Å². The largest absolute Gasteiger partial charge is 0.356 e. The maximum Gasteiger partial charge on any atom is 0.191 e. The van der Waals surface area contributed by atoms with E-state index in [4.69, 9.17) is 0 Å². The van der Waals surface area contributed by atoms with Crippen LogP contribution < -0.4 is 10.6 Å². The highest BCUT2D eigenvalue weighted by atomic mass is 127. The number of guanidine groups is 1. The van der Waals surface area contributed by atoms with Crippen LogP contribution in [0, 0.1) is 5.92 Å². The highest BCUT2D eigenvalue weighted by Gasteiger charge is 2.10. The van der Waals surface area contributed by atoms with Gasteiger partial charge in [-0.15, -0.1) is 34.2 Å². The maximum absolute atomic E-state index is 4.27. The number of aryl methyl sites for hydroxylation is 1. The Bertz CT molecular complexity index is 673. The van der Waals surface area contributed by atoms with Crippen LogP contribution in [0.4, 0.5) is 0 Å². The van der Waals surface area contributed by atoms with E-state index in [1.807, 2.05) is 11.6 Å². The summed E-state index contributed by atoms with van der Waals surface area (Å²) < 4.78 is 3.02. The Balaban J connectivity index is 0.00000312. The van der Waals surface area contributed by atoms with Crippen LogP contribution in [0.25, 0.3) is 0 Å². The fraction of sp³-hybridized carbons (Fsp3) is 0.471. The summed E-state index contributed by atoms with van der Waals surface area (Å²) in [6, 6.07) is 8.50. The molecular formula is C17H26BrIN6. The van der Waals surface area contributed by atoms with Crippen molar-refractivity contribution >= 4 is 45.9 Å². The van der Waals surface area contributed by atoms with Gasteiger partial charge in [-0.1, -0.05) is 41.4 Å². The lowest BCUT2D eigenvalue weighted by atomic mass is 9.97. The maximum atomic E-state index is 4.27. The van der Waals surface area contributed by atoms with Crippen LogP contribution in [0.2, 0.25) is 0 Å². The van der Waals surface area contributed by atoms with Gasteiger partial charge in [0.1, 0.15) is 6.33 Å². The second kappa shape index (κ2) is 11.5. The summed E-state index contributed by atoms with van der Waals surface area (Å²) in [5.41, 5.74) is 1.35. The van der Waals surface area contributed by atoms with Crippen molar-refractivity contribution in [3.8, 4) is 0 Å². The van der Waals surface area contributed by atoms with Gasteiger partial charge >= 0.3 is 0 Å². The van der Waals surface area contributed by atoms with E-state index < -0.39 is 0 Å². The second-order valence-corrected chi connectivity index (χ2v) is 6.69. The third kappa shape index (κ3) is 7.31. The lowest BCUT2D eigenvalue weighted by molar-refractivity contribution is 0.493. The van der Waals surface area contributed by atoms with E-state index in [1.165, 1.54) is 5.56 Å². The van der Waals surface area contributed by atoms with Gasteiger partial charge in [-0.05, 0) is 30.0 Å². The van der Waals surface area contributed by atoms with Gasteiger partial charge in [-0.25, -0.2) is 0 Å². The Kier molecular flexibility index (Phi) is 10.0. The summed E-state index contributed by atoms with van der Waals surface area (Å²) in [5, 5.41) is 14.6. The Morgan fingerprint density at radius 1 is 1.36 bits per heavy atom. The average molecular weight is 521 g/mol.